The van der Waals surface area contributed by atoms with E-state index in [9.17, 15) is 0 Å². The summed E-state index contributed by atoms with van der Waals surface area (Å²) in [5.74, 6) is 0.999. The molecule has 1 unspecified atom stereocenters. The average molecular weight is 184 g/mol. The van der Waals surface area contributed by atoms with Gasteiger partial charge in [-0.1, -0.05) is 19.0 Å². The second-order valence-electron chi connectivity index (χ2n) is 3.39. The van der Waals surface area contributed by atoms with Crippen LogP contribution < -0.4 is 11.1 Å². The molecule has 0 saturated carbocycles. The van der Waals surface area contributed by atoms with Gasteiger partial charge in [-0.05, 0) is 6.92 Å². The van der Waals surface area contributed by atoms with Crippen molar-refractivity contribution in [1.82, 2.24) is 10.1 Å². The van der Waals surface area contributed by atoms with Crippen molar-refractivity contribution in [2.75, 3.05) is 11.9 Å². The van der Waals surface area contributed by atoms with Gasteiger partial charge in [0.05, 0.1) is 0 Å². The number of anilines is 1. The van der Waals surface area contributed by atoms with Crippen molar-refractivity contribution in [3.05, 3.63) is 5.82 Å². The van der Waals surface area contributed by atoms with Crippen LogP contribution in [-0.2, 0) is 0 Å². The molecule has 74 valence electrons. The Kier molecular flexibility index (Phi) is 3.25. The summed E-state index contributed by atoms with van der Waals surface area (Å²) in [5.41, 5.74) is 5.43. The smallest absolute Gasteiger partial charge is 0.321 e. The van der Waals surface area contributed by atoms with Gasteiger partial charge in [0.15, 0.2) is 5.82 Å². The first-order valence-corrected chi connectivity index (χ1v) is 4.43. The van der Waals surface area contributed by atoms with E-state index < -0.39 is 0 Å². The molecule has 0 aromatic carbocycles. The van der Waals surface area contributed by atoms with Gasteiger partial charge in [-0.25, -0.2) is 0 Å². The number of nitrogens with two attached hydrogens (primary N) is 1. The van der Waals surface area contributed by atoms with Gasteiger partial charge in [-0.15, -0.1) is 0 Å². The summed E-state index contributed by atoms with van der Waals surface area (Å²) in [7, 11) is 0. The molecule has 0 aliphatic rings. The third-order valence-electron chi connectivity index (χ3n) is 1.68. The van der Waals surface area contributed by atoms with E-state index in [-0.39, 0.29) is 12.0 Å². The molecule has 1 aromatic heterocycles. The van der Waals surface area contributed by atoms with Crippen LogP contribution in [0.1, 0.15) is 32.5 Å². The Labute approximate surface area is 77.7 Å². The quantitative estimate of drug-likeness (QED) is 0.728. The molecular formula is C8H16N4O. The monoisotopic (exact) mass is 184 g/mol. The predicted molar refractivity (Wildman–Crippen MR) is 50.5 cm³/mol. The Balaban J connectivity index is 2.58. The minimum atomic E-state index is 0.153. The zero-order valence-corrected chi connectivity index (χ0v) is 8.24. The van der Waals surface area contributed by atoms with Crippen molar-refractivity contribution < 1.29 is 4.52 Å². The molecule has 1 rings (SSSR count). The van der Waals surface area contributed by atoms with Gasteiger partial charge < -0.3 is 15.6 Å². The van der Waals surface area contributed by atoms with E-state index in [1.54, 1.807) is 0 Å². The molecule has 13 heavy (non-hydrogen) atoms. The lowest BCUT2D eigenvalue weighted by molar-refractivity contribution is 0.416. The van der Waals surface area contributed by atoms with Crippen molar-refractivity contribution >= 4 is 6.01 Å². The maximum absolute atomic E-state index is 5.43. The van der Waals surface area contributed by atoms with Crippen LogP contribution in [-0.4, -0.2) is 22.7 Å². The zero-order chi connectivity index (χ0) is 9.84. The minimum Gasteiger partial charge on any atom is -0.334 e. The fourth-order valence-electron chi connectivity index (χ4n) is 0.798. The molecule has 1 aromatic rings. The third-order valence-corrected chi connectivity index (χ3v) is 1.68. The summed E-state index contributed by atoms with van der Waals surface area (Å²) in [4.78, 5) is 4.15. The summed E-state index contributed by atoms with van der Waals surface area (Å²) in [5, 5.41) is 6.82. The van der Waals surface area contributed by atoms with Crippen LogP contribution in [0.5, 0.6) is 0 Å². The number of hydrogen-bond acceptors (Lipinski definition) is 5. The highest BCUT2D eigenvalue weighted by Gasteiger charge is 2.10. The lowest BCUT2D eigenvalue weighted by Crippen LogP contribution is -2.25. The van der Waals surface area contributed by atoms with Gasteiger partial charge in [0.2, 0.25) is 0 Å². The van der Waals surface area contributed by atoms with Crippen molar-refractivity contribution in [2.24, 2.45) is 5.73 Å². The second-order valence-corrected chi connectivity index (χ2v) is 3.39. The highest BCUT2D eigenvalue weighted by molar-refractivity contribution is 5.20. The van der Waals surface area contributed by atoms with E-state index >= 15 is 0 Å². The first kappa shape index (κ1) is 9.98. The zero-order valence-electron chi connectivity index (χ0n) is 8.24. The molecule has 5 heteroatoms. The van der Waals surface area contributed by atoms with Crippen molar-refractivity contribution in [3.8, 4) is 0 Å². The van der Waals surface area contributed by atoms with Crippen LogP contribution in [0.4, 0.5) is 6.01 Å². The summed E-state index contributed by atoms with van der Waals surface area (Å²) < 4.78 is 4.97. The Hall–Kier alpha value is -1.10. The van der Waals surface area contributed by atoms with Crippen molar-refractivity contribution in [2.45, 2.75) is 32.7 Å². The number of nitrogens with zero attached hydrogens (tertiary/aromatic N) is 2. The fraction of sp³-hybridized carbons (Fsp3) is 0.750. The summed E-state index contributed by atoms with van der Waals surface area (Å²) in [6.07, 6.45) is 0. The Morgan fingerprint density at radius 1 is 1.46 bits per heavy atom. The van der Waals surface area contributed by atoms with Crippen LogP contribution in [0.25, 0.3) is 0 Å². The van der Waals surface area contributed by atoms with Crippen LogP contribution in [0.15, 0.2) is 4.52 Å². The van der Waals surface area contributed by atoms with E-state index in [1.165, 1.54) is 0 Å². The largest absolute Gasteiger partial charge is 0.334 e. The molecule has 0 bridgehead atoms. The Morgan fingerprint density at radius 3 is 2.62 bits per heavy atom. The van der Waals surface area contributed by atoms with E-state index in [1.807, 2.05) is 20.8 Å². The number of nitrogens with one attached hydrogen (secondary N) is 1. The highest BCUT2D eigenvalue weighted by atomic mass is 16.5. The normalized spacial score (nSPS) is 13.3. The summed E-state index contributed by atoms with van der Waals surface area (Å²) in [6.45, 7) is 6.53. The number of rotatable bonds is 4. The first-order valence-electron chi connectivity index (χ1n) is 4.43. The van der Waals surface area contributed by atoms with E-state index in [0.29, 0.717) is 18.4 Å². The first-order chi connectivity index (χ1) is 6.13. The summed E-state index contributed by atoms with van der Waals surface area (Å²) >= 11 is 0. The lowest BCUT2D eigenvalue weighted by atomic mass is 10.2. The topological polar surface area (TPSA) is 77.0 Å². The predicted octanol–water partition coefficient (Wildman–Crippen LogP) is 0.952. The Bertz CT molecular complexity index is 258. The SMILES string of the molecule is CC(CN)Nc1nc(C(C)C)no1. The van der Waals surface area contributed by atoms with E-state index in [4.69, 9.17) is 10.3 Å². The number of hydrogen-bond donors (Lipinski definition) is 2. The molecular weight excluding hydrogens is 168 g/mol. The Morgan fingerprint density at radius 2 is 2.15 bits per heavy atom. The molecule has 3 N–H and O–H groups in total. The molecule has 0 radical (unpaired) electrons. The molecule has 0 aliphatic carbocycles. The maximum atomic E-state index is 5.43. The standard InChI is InChI=1S/C8H16N4O/c1-5(2)7-11-8(13-12-7)10-6(3)4-9/h5-6H,4,9H2,1-3H3,(H,10,11,12). The molecule has 0 fully saturated rings. The van der Waals surface area contributed by atoms with Gasteiger partial charge in [-0.3, -0.25) is 0 Å². The van der Waals surface area contributed by atoms with Crippen LogP contribution >= 0.6 is 0 Å². The second kappa shape index (κ2) is 4.23. The van der Waals surface area contributed by atoms with Crippen LogP contribution in [0.3, 0.4) is 0 Å². The molecule has 0 saturated heterocycles. The van der Waals surface area contributed by atoms with Crippen LogP contribution in [0.2, 0.25) is 0 Å². The van der Waals surface area contributed by atoms with Gasteiger partial charge in [0, 0.05) is 18.5 Å². The van der Waals surface area contributed by atoms with E-state index in [2.05, 4.69) is 15.5 Å². The minimum absolute atomic E-state index is 0.153. The van der Waals surface area contributed by atoms with Crippen molar-refractivity contribution in [1.29, 1.82) is 0 Å². The lowest BCUT2D eigenvalue weighted by Gasteiger charge is -2.06. The highest BCUT2D eigenvalue weighted by Crippen LogP contribution is 2.12. The molecule has 0 amide bonds. The third kappa shape index (κ3) is 2.69. The van der Waals surface area contributed by atoms with Gasteiger partial charge in [0.25, 0.3) is 0 Å². The maximum Gasteiger partial charge on any atom is 0.321 e. The fourth-order valence-corrected chi connectivity index (χ4v) is 0.798. The molecule has 1 heterocycles. The van der Waals surface area contributed by atoms with Gasteiger partial charge in [-0.2, -0.15) is 4.98 Å². The molecule has 0 spiro atoms. The van der Waals surface area contributed by atoms with Crippen LogP contribution in [0, 0.1) is 0 Å². The molecule has 1 atom stereocenters. The molecule has 5 nitrogen and oxygen atoms in total. The average Bonchev–Trinajstić information content (AvgIpc) is 2.52. The van der Waals surface area contributed by atoms with Gasteiger partial charge >= 0.3 is 6.01 Å². The number of aromatic nitrogens is 2. The van der Waals surface area contributed by atoms with Crippen molar-refractivity contribution in [3.63, 3.8) is 0 Å². The van der Waals surface area contributed by atoms with Gasteiger partial charge in [0.1, 0.15) is 0 Å². The molecule has 0 aliphatic heterocycles. The van der Waals surface area contributed by atoms with E-state index in [0.717, 1.165) is 0 Å². The summed E-state index contributed by atoms with van der Waals surface area (Å²) in [6, 6.07) is 0.599.